The molecule has 0 atom stereocenters. The molecule has 1 aliphatic heterocycles. The average molecular weight is 283 g/mol. The molecule has 0 radical (unpaired) electrons. The van der Waals surface area contributed by atoms with Gasteiger partial charge in [-0.1, -0.05) is 18.2 Å². The molecule has 1 aromatic rings. The van der Waals surface area contributed by atoms with Crippen LogP contribution in [-0.4, -0.2) is 51.0 Å². The van der Waals surface area contributed by atoms with E-state index in [-0.39, 0.29) is 17.5 Å². The van der Waals surface area contributed by atoms with Gasteiger partial charge in [0.25, 0.3) is 0 Å². The second-order valence-corrected chi connectivity index (χ2v) is 6.88. The quantitative estimate of drug-likeness (QED) is 0.764. The van der Waals surface area contributed by atoms with E-state index in [1.165, 1.54) is 7.11 Å². The van der Waals surface area contributed by atoms with E-state index < -0.39 is 9.84 Å². The molecule has 2 rings (SSSR count). The van der Waals surface area contributed by atoms with E-state index in [0.717, 1.165) is 5.56 Å². The molecule has 19 heavy (non-hydrogen) atoms. The first-order valence-corrected chi connectivity index (χ1v) is 7.93. The normalized spacial score (nSPS) is 19.0. The number of benzene rings is 1. The lowest BCUT2D eigenvalue weighted by Gasteiger charge is -2.27. The second kappa shape index (κ2) is 5.71. The number of methoxy groups -OCH3 is 1. The molecule has 6 heteroatoms. The lowest BCUT2D eigenvalue weighted by Crippen LogP contribution is -2.39. The number of hydrogen-bond donors (Lipinski definition) is 0. The fraction of sp³-hybridized carbons (Fsp3) is 0.462. The van der Waals surface area contributed by atoms with E-state index in [9.17, 15) is 13.2 Å². The van der Waals surface area contributed by atoms with Crippen LogP contribution in [0, 0.1) is 0 Å². The van der Waals surface area contributed by atoms with Gasteiger partial charge in [0.05, 0.1) is 24.2 Å². The molecular formula is C13H17NO4S. The molecule has 5 nitrogen and oxygen atoms in total. The molecular weight excluding hydrogens is 266 g/mol. The molecule has 1 aromatic carbocycles. The predicted molar refractivity (Wildman–Crippen MR) is 71.7 cm³/mol. The largest absolute Gasteiger partial charge is 0.465 e. The third-order valence-electron chi connectivity index (χ3n) is 3.25. The van der Waals surface area contributed by atoms with Crippen molar-refractivity contribution in [2.75, 3.05) is 31.7 Å². The SMILES string of the molecule is COC(=O)c1ccccc1CN1CCS(=O)(=O)CC1. The molecule has 0 amide bonds. The standard InChI is InChI=1S/C13H17NO4S/c1-18-13(15)12-5-3-2-4-11(12)10-14-6-8-19(16,17)9-7-14/h2-5H,6-10H2,1H3. The van der Waals surface area contributed by atoms with Gasteiger partial charge in [0.2, 0.25) is 0 Å². The summed E-state index contributed by atoms with van der Waals surface area (Å²) in [5.74, 6) is 0.0149. The Balaban J connectivity index is 2.10. The van der Waals surface area contributed by atoms with Gasteiger partial charge >= 0.3 is 5.97 Å². The van der Waals surface area contributed by atoms with Crippen LogP contribution in [0.2, 0.25) is 0 Å². The number of sulfone groups is 1. The van der Waals surface area contributed by atoms with Gasteiger partial charge in [0.1, 0.15) is 0 Å². The van der Waals surface area contributed by atoms with Crippen molar-refractivity contribution < 1.29 is 17.9 Å². The average Bonchev–Trinajstić information content (AvgIpc) is 2.41. The zero-order valence-electron chi connectivity index (χ0n) is 10.8. The number of hydrogen-bond acceptors (Lipinski definition) is 5. The van der Waals surface area contributed by atoms with Gasteiger partial charge in [-0.2, -0.15) is 0 Å². The van der Waals surface area contributed by atoms with Crippen molar-refractivity contribution in [3.05, 3.63) is 35.4 Å². The number of esters is 1. The molecule has 0 saturated carbocycles. The van der Waals surface area contributed by atoms with Crippen molar-refractivity contribution in [3.8, 4) is 0 Å². The smallest absolute Gasteiger partial charge is 0.338 e. The highest BCUT2D eigenvalue weighted by molar-refractivity contribution is 7.91. The van der Waals surface area contributed by atoms with E-state index in [2.05, 4.69) is 0 Å². The van der Waals surface area contributed by atoms with Gasteiger partial charge in [-0.15, -0.1) is 0 Å². The van der Waals surface area contributed by atoms with Crippen LogP contribution in [0.25, 0.3) is 0 Å². The predicted octanol–water partition coefficient (Wildman–Crippen LogP) is 0.704. The van der Waals surface area contributed by atoms with Crippen LogP contribution in [0.4, 0.5) is 0 Å². The Hall–Kier alpha value is -1.40. The Morgan fingerprint density at radius 1 is 1.26 bits per heavy atom. The topological polar surface area (TPSA) is 63.7 Å². The summed E-state index contributed by atoms with van der Waals surface area (Å²) in [6, 6.07) is 7.25. The first kappa shape index (κ1) is 14.0. The number of nitrogens with zero attached hydrogens (tertiary/aromatic N) is 1. The van der Waals surface area contributed by atoms with Crippen LogP contribution < -0.4 is 0 Å². The van der Waals surface area contributed by atoms with Crippen molar-refractivity contribution in [1.82, 2.24) is 4.90 Å². The van der Waals surface area contributed by atoms with Crippen molar-refractivity contribution in [2.45, 2.75) is 6.54 Å². The zero-order valence-corrected chi connectivity index (χ0v) is 11.6. The maximum Gasteiger partial charge on any atom is 0.338 e. The van der Waals surface area contributed by atoms with E-state index >= 15 is 0 Å². The number of carbonyl (C=O) groups is 1. The molecule has 0 aliphatic carbocycles. The van der Waals surface area contributed by atoms with E-state index in [1.807, 2.05) is 17.0 Å². The van der Waals surface area contributed by atoms with Crippen LogP contribution in [0.1, 0.15) is 15.9 Å². The summed E-state index contributed by atoms with van der Waals surface area (Å²) in [6.45, 7) is 1.59. The summed E-state index contributed by atoms with van der Waals surface area (Å²) >= 11 is 0. The number of rotatable bonds is 3. The lowest BCUT2D eigenvalue weighted by molar-refractivity contribution is 0.0598. The Morgan fingerprint density at radius 2 is 1.89 bits per heavy atom. The Labute approximate surface area is 113 Å². The van der Waals surface area contributed by atoms with Gasteiger partial charge in [0.15, 0.2) is 9.84 Å². The van der Waals surface area contributed by atoms with Crippen molar-refractivity contribution in [2.24, 2.45) is 0 Å². The molecule has 0 N–H and O–H groups in total. The van der Waals surface area contributed by atoms with E-state index in [1.54, 1.807) is 12.1 Å². The Kier molecular flexibility index (Phi) is 4.21. The van der Waals surface area contributed by atoms with Crippen LogP contribution >= 0.6 is 0 Å². The van der Waals surface area contributed by atoms with Gasteiger partial charge in [-0.05, 0) is 11.6 Å². The van der Waals surface area contributed by atoms with Crippen molar-refractivity contribution in [1.29, 1.82) is 0 Å². The second-order valence-electron chi connectivity index (χ2n) is 4.58. The minimum atomic E-state index is -2.87. The lowest BCUT2D eigenvalue weighted by atomic mass is 10.1. The zero-order chi connectivity index (χ0) is 13.9. The van der Waals surface area contributed by atoms with Crippen LogP contribution in [-0.2, 0) is 21.1 Å². The summed E-state index contributed by atoms with van der Waals surface area (Å²) in [5.41, 5.74) is 1.41. The molecule has 1 aliphatic rings. The maximum atomic E-state index is 11.6. The molecule has 0 aromatic heterocycles. The summed E-state index contributed by atoms with van der Waals surface area (Å²) in [5, 5.41) is 0. The minimum Gasteiger partial charge on any atom is -0.465 e. The third kappa shape index (κ3) is 3.54. The van der Waals surface area contributed by atoms with Gasteiger partial charge in [-0.3, -0.25) is 4.90 Å². The van der Waals surface area contributed by atoms with Gasteiger partial charge < -0.3 is 4.74 Å². The Bertz CT molecular complexity index is 554. The summed E-state index contributed by atoms with van der Waals surface area (Å²) in [4.78, 5) is 13.7. The molecule has 0 unspecified atom stereocenters. The molecule has 104 valence electrons. The van der Waals surface area contributed by atoms with Crippen molar-refractivity contribution >= 4 is 15.8 Å². The van der Waals surface area contributed by atoms with Crippen LogP contribution in [0.3, 0.4) is 0 Å². The summed E-state index contributed by atoms with van der Waals surface area (Å²) in [7, 11) is -1.52. The molecule has 0 spiro atoms. The highest BCUT2D eigenvalue weighted by Gasteiger charge is 2.22. The van der Waals surface area contributed by atoms with Crippen LogP contribution in [0.15, 0.2) is 24.3 Å². The maximum absolute atomic E-state index is 11.6. The summed E-state index contributed by atoms with van der Waals surface area (Å²) in [6.07, 6.45) is 0. The number of carbonyl (C=O) groups excluding carboxylic acids is 1. The molecule has 1 saturated heterocycles. The van der Waals surface area contributed by atoms with Gasteiger partial charge in [-0.25, -0.2) is 13.2 Å². The summed E-state index contributed by atoms with van der Waals surface area (Å²) < 4.78 is 27.5. The van der Waals surface area contributed by atoms with E-state index in [0.29, 0.717) is 25.2 Å². The highest BCUT2D eigenvalue weighted by atomic mass is 32.2. The minimum absolute atomic E-state index is 0.188. The fourth-order valence-corrected chi connectivity index (χ4v) is 3.39. The fourth-order valence-electron chi connectivity index (χ4n) is 2.12. The van der Waals surface area contributed by atoms with Crippen LogP contribution in [0.5, 0.6) is 0 Å². The van der Waals surface area contributed by atoms with E-state index in [4.69, 9.17) is 4.74 Å². The molecule has 1 heterocycles. The Morgan fingerprint density at radius 3 is 2.53 bits per heavy atom. The molecule has 1 fully saturated rings. The third-order valence-corrected chi connectivity index (χ3v) is 4.86. The van der Waals surface area contributed by atoms with Gasteiger partial charge in [0, 0.05) is 19.6 Å². The highest BCUT2D eigenvalue weighted by Crippen LogP contribution is 2.15. The van der Waals surface area contributed by atoms with Crippen molar-refractivity contribution in [3.63, 3.8) is 0 Å². The first-order chi connectivity index (χ1) is 9.02. The molecule has 0 bridgehead atoms. The number of ether oxygens (including phenoxy) is 1. The monoisotopic (exact) mass is 283 g/mol. The first-order valence-electron chi connectivity index (χ1n) is 6.11.